The van der Waals surface area contributed by atoms with Gasteiger partial charge >= 0.3 is 0 Å². The summed E-state index contributed by atoms with van der Waals surface area (Å²) in [5.41, 5.74) is 7.40. The predicted molar refractivity (Wildman–Crippen MR) is 74.2 cm³/mol. The molecule has 0 bridgehead atoms. The molecule has 0 aliphatic carbocycles. The number of carbonyl (C=O) groups is 1. The van der Waals surface area contributed by atoms with Crippen LogP contribution in [0.1, 0.15) is 6.42 Å². The minimum Gasteiger partial charge on any atom is -0.397 e. The molecule has 84 valence electrons. The summed E-state index contributed by atoms with van der Waals surface area (Å²) in [6.45, 7) is 4.42. The molecule has 1 amide bonds. The van der Waals surface area contributed by atoms with Crippen LogP contribution in [0.4, 0.5) is 11.4 Å². The van der Waals surface area contributed by atoms with E-state index in [1.807, 2.05) is 24.3 Å². The summed E-state index contributed by atoms with van der Waals surface area (Å²) < 4.78 is 1.07. The number of nitrogen functional groups attached to an aromatic ring is 1. The Morgan fingerprint density at radius 3 is 2.88 bits per heavy atom. The Balaban J connectivity index is 2.31. The number of benzene rings is 1. The zero-order chi connectivity index (χ0) is 11.7. The molecule has 1 aliphatic heterocycles. The molecule has 1 fully saturated rings. The number of nitrogens with zero attached hydrogens (tertiary/aromatic N) is 1. The number of halogens is 1. The molecule has 16 heavy (non-hydrogen) atoms. The lowest BCUT2D eigenvalue weighted by Gasteiger charge is -2.18. The van der Waals surface area contributed by atoms with Gasteiger partial charge in [-0.2, -0.15) is 0 Å². The summed E-state index contributed by atoms with van der Waals surface area (Å²) in [6, 6.07) is 5.74. The standard InChI is InChI=1S/C12H13IN2O/c1-2-8-5-12(16)15(7-8)11-4-3-9(13)6-10(11)14/h2-4,6,8H,1,5,7,14H2. The molecule has 1 saturated heterocycles. The number of hydrogen-bond donors (Lipinski definition) is 1. The molecule has 1 unspecified atom stereocenters. The summed E-state index contributed by atoms with van der Waals surface area (Å²) in [6.07, 6.45) is 2.37. The van der Waals surface area contributed by atoms with Crippen molar-refractivity contribution in [3.8, 4) is 0 Å². The van der Waals surface area contributed by atoms with Crippen molar-refractivity contribution in [2.75, 3.05) is 17.2 Å². The van der Waals surface area contributed by atoms with Crippen LogP contribution in [0.5, 0.6) is 0 Å². The Kier molecular flexibility index (Phi) is 3.18. The van der Waals surface area contributed by atoms with Gasteiger partial charge in [0.15, 0.2) is 0 Å². The summed E-state index contributed by atoms with van der Waals surface area (Å²) >= 11 is 2.20. The van der Waals surface area contributed by atoms with Gasteiger partial charge in [0.25, 0.3) is 0 Å². The SMILES string of the molecule is C=CC1CC(=O)N(c2ccc(I)cc2N)C1. The van der Waals surface area contributed by atoms with Gasteiger partial charge in [0.05, 0.1) is 11.4 Å². The first-order chi connectivity index (χ1) is 7.61. The zero-order valence-corrected chi connectivity index (χ0v) is 11.0. The minimum atomic E-state index is 0.123. The van der Waals surface area contributed by atoms with Crippen LogP contribution in [0.3, 0.4) is 0 Å². The van der Waals surface area contributed by atoms with Crippen molar-refractivity contribution in [1.82, 2.24) is 0 Å². The molecule has 0 saturated carbocycles. The van der Waals surface area contributed by atoms with Crippen LogP contribution in [0.2, 0.25) is 0 Å². The molecule has 1 aliphatic rings. The van der Waals surface area contributed by atoms with E-state index in [4.69, 9.17) is 5.73 Å². The summed E-state index contributed by atoms with van der Waals surface area (Å²) in [4.78, 5) is 13.5. The number of rotatable bonds is 2. The summed E-state index contributed by atoms with van der Waals surface area (Å²) in [7, 11) is 0. The second kappa shape index (κ2) is 4.45. The molecule has 1 aromatic rings. The fourth-order valence-electron chi connectivity index (χ4n) is 1.90. The second-order valence-corrected chi connectivity index (χ2v) is 5.15. The number of carbonyl (C=O) groups excluding carboxylic acids is 1. The van der Waals surface area contributed by atoms with Crippen LogP contribution in [-0.2, 0) is 4.79 Å². The highest BCUT2D eigenvalue weighted by Crippen LogP contribution is 2.30. The van der Waals surface area contributed by atoms with Gasteiger partial charge in [-0.05, 0) is 40.8 Å². The van der Waals surface area contributed by atoms with Crippen LogP contribution in [0.25, 0.3) is 0 Å². The average Bonchev–Trinajstić information content (AvgIpc) is 2.60. The predicted octanol–water partition coefficient (Wildman–Crippen LogP) is 2.41. The lowest BCUT2D eigenvalue weighted by Crippen LogP contribution is -2.25. The highest BCUT2D eigenvalue weighted by molar-refractivity contribution is 14.1. The largest absolute Gasteiger partial charge is 0.397 e. The molecular weight excluding hydrogens is 315 g/mol. The van der Waals surface area contributed by atoms with Crippen LogP contribution in [0.15, 0.2) is 30.9 Å². The molecule has 1 atom stereocenters. The minimum absolute atomic E-state index is 0.123. The van der Waals surface area contributed by atoms with Gasteiger partial charge in [0.2, 0.25) is 5.91 Å². The van der Waals surface area contributed by atoms with Crippen molar-refractivity contribution >= 4 is 39.9 Å². The summed E-state index contributed by atoms with van der Waals surface area (Å²) in [5, 5.41) is 0. The van der Waals surface area contributed by atoms with E-state index < -0.39 is 0 Å². The van der Waals surface area contributed by atoms with Crippen LogP contribution in [-0.4, -0.2) is 12.5 Å². The third kappa shape index (κ3) is 2.07. The van der Waals surface area contributed by atoms with Gasteiger partial charge in [-0.25, -0.2) is 0 Å². The van der Waals surface area contributed by atoms with Crippen LogP contribution < -0.4 is 10.6 Å². The molecule has 1 heterocycles. The average molecular weight is 328 g/mol. The lowest BCUT2D eigenvalue weighted by atomic mass is 10.1. The maximum absolute atomic E-state index is 11.8. The molecule has 4 heteroatoms. The van der Waals surface area contributed by atoms with Crippen molar-refractivity contribution in [2.24, 2.45) is 5.92 Å². The van der Waals surface area contributed by atoms with E-state index in [1.165, 1.54) is 0 Å². The molecule has 0 radical (unpaired) electrons. The Bertz CT molecular complexity index is 445. The molecule has 0 spiro atoms. The molecule has 2 rings (SSSR count). The van der Waals surface area contributed by atoms with Gasteiger partial charge in [-0.3, -0.25) is 4.79 Å². The fraction of sp³-hybridized carbons (Fsp3) is 0.250. The lowest BCUT2D eigenvalue weighted by molar-refractivity contribution is -0.117. The normalized spacial score (nSPS) is 20.2. The molecule has 0 aromatic heterocycles. The van der Waals surface area contributed by atoms with E-state index in [9.17, 15) is 4.79 Å². The van der Waals surface area contributed by atoms with Gasteiger partial charge < -0.3 is 10.6 Å². The first kappa shape index (κ1) is 11.4. The van der Waals surface area contributed by atoms with Crippen molar-refractivity contribution in [2.45, 2.75) is 6.42 Å². The first-order valence-corrected chi connectivity index (χ1v) is 6.17. The number of hydrogen-bond acceptors (Lipinski definition) is 2. The van der Waals surface area contributed by atoms with Gasteiger partial charge in [-0.15, -0.1) is 6.58 Å². The molecule has 2 N–H and O–H groups in total. The van der Waals surface area contributed by atoms with Crippen molar-refractivity contribution in [3.63, 3.8) is 0 Å². The Labute approximate surface area is 108 Å². The fourth-order valence-corrected chi connectivity index (χ4v) is 2.41. The van der Waals surface area contributed by atoms with Crippen molar-refractivity contribution in [1.29, 1.82) is 0 Å². The second-order valence-electron chi connectivity index (χ2n) is 3.91. The van der Waals surface area contributed by atoms with E-state index in [1.54, 1.807) is 4.90 Å². The van der Waals surface area contributed by atoms with Crippen LogP contribution in [0, 0.1) is 9.49 Å². The van der Waals surface area contributed by atoms with Gasteiger partial charge in [0, 0.05) is 22.5 Å². The third-order valence-corrected chi connectivity index (χ3v) is 3.44. The quantitative estimate of drug-likeness (QED) is 0.515. The Morgan fingerprint density at radius 2 is 2.31 bits per heavy atom. The van der Waals surface area contributed by atoms with Crippen molar-refractivity contribution < 1.29 is 4.79 Å². The maximum atomic E-state index is 11.8. The number of amides is 1. The van der Waals surface area contributed by atoms with Gasteiger partial charge in [-0.1, -0.05) is 6.08 Å². The topological polar surface area (TPSA) is 46.3 Å². The van der Waals surface area contributed by atoms with E-state index in [0.29, 0.717) is 18.7 Å². The van der Waals surface area contributed by atoms with Gasteiger partial charge in [0.1, 0.15) is 0 Å². The highest BCUT2D eigenvalue weighted by atomic mass is 127. The highest BCUT2D eigenvalue weighted by Gasteiger charge is 2.29. The number of nitrogens with two attached hydrogens (primary N) is 1. The van der Waals surface area contributed by atoms with E-state index in [-0.39, 0.29) is 11.8 Å². The van der Waals surface area contributed by atoms with E-state index in [0.717, 1.165) is 9.26 Å². The Hall–Kier alpha value is -1.04. The smallest absolute Gasteiger partial charge is 0.227 e. The molecular formula is C12H13IN2O. The maximum Gasteiger partial charge on any atom is 0.227 e. The monoisotopic (exact) mass is 328 g/mol. The number of anilines is 2. The molecule has 3 nitrogen and oxygen atoms in total. The zero-order valence-electron chi connectivity index (χ0n) is 8.82. The van der Waals surface area contributed by atoms with Crippen LogP contribution >= 0.6 is 22.6 Å². The van der Waals surface area contributed by atoms with E-state index in [2.05, 4.69) is 29.2 Å². The third-order valence-electron chi connectivity index (χ3n) is 2.77. The first-order valence-electron chi connectivity index (χ1n) is 5.09. The van der Waals surface area contributed by atoms with E-state index >= 15 is 0 Å². The van der Waals surface area contributed by atoms with Crippen molar-refractivity contribution in [3.05, 3.63) is 34.4 Å². The molecule has 1 aromatic carbocycles. The Morgan fingerprint density at radius 1 is 1.56 bits per heavy atom. The summed E-state index contributed by atoms with van der Waals surface area (Å²) in [5.74, 6) is 0.365.